The van der Waals surface area contributed by atoms with Gasteiger partial charge in [-0.05, 0) is 45.7 Å². The van der Waals surface area contributed by atoms with E-state index in [9.17, 15) is 0 Å². The number of nitrogens with two attached hydrogens (primary N) is 1. The maximum absolute atomic E-state index is 6.16. The highest BCUT2D eigenvalue weighted by atomic mass is 35.5. The molecule has 0 bridgehead atoms. The summed E-state index contributed by atoms with van der Waals surface area (Å²) in [5.41, 5.74) is 6.35. The molecule has 1 aromatic heterocycles. The topological polar surface area (TPSA) is 67.1 Å². The highest BCUT2D eigenvalue weighted by Gasteiger charge is 2.17. The zero-order chi connectivity index (χ0) is 13.8. The van der Waals surface area contributed by atoms with Gasteiger partial charge in [0.15, 0.2) is 5.82 Å². The fourth-order valence-electron chi connectivity index (χ4n) is 2.60. The second kappa shape index (κ2) is 6.39. The molecule has 3 N–H and O–H groups in total. The third-order valence-corrected chi connectivity index (χ3v) is 4.05. The lowest BCUT2D eigenvalue weighted by atomic mass is 9.95. The van der Waals surface area contributed by atoms with Gasteiger partial charge in [-0.3, -0.25) is 0 Å². The number of piperidine rings is 1. The van der Waals surface area contributed by atoms with Crippen molar-refractivity contribution in [3.63, 3.8) is 0 Å². The minimum atomic E-state index is 0.266. The first-order valence-electron chi connectivity index (χ1n) is 6.78. The molecule has 1 aliphatic heterocycles. The number of likely N-dealkylation sites (tertiary alicyclic amines) is 1. The van der Waals surface area contributed by atoms with E-state index in [2.05, 4.69) is 27.2 Å². The van der Waals surface area contributed by atoms with E-state index in [0.717, 1.165) is 18.9 Å². The summed E-state index contributed by atoms with van der Waals surface area (Å²) in [7, 11) is 2.19. The molecule has 0 saturated carbocycles. The van der Waals surface area contributed by atoms with Gasteiger partial charge in [0.2, 0.25) is 5.95 Å². The first kappa shape index (κ1) is 14.3. The molecular formula is C13H22ClN5. The Morgan fingerprint density at radius 1 is 1.47 bits per heavy atom. The number of hydrogen-bond donors (Lipinski definition) is 2. The van der Waals surface area contributed by atoms with Crippen molar-refractivity contribution in [3.8, 4) is 0 Å². The monoisotopic (exact) mass is 283 g/mol. The minimum absolute atomic E-state index is 0.266. The number of halogens is 1. The molecule has 1 atom stereocenters. The van der Waals surface area contributed by atoms with Crippen LogP contribution in [0.15, 0.2) is 0 Å². The number of hydrogen-bond acceptors (Lipinski definition) is 5. The Hall–Kier alpha value is -1.07. The molecule has 0 aromatic carbocycles. The predicted molar refractivity (Wildman–Crippen MR) is 79.5 cm³/mol. The van der Waals surface area contributed by atoms with Crippen molar-refractivity contribution >= 4 is 23.4 Å². The molecule has 19 heavy (non-hydrogen) atoms. The van der Waals surface area contributed by atoms with Gasteiger partial charge in [0.05, 0.1) is 5.69 Å². The van der Waals surface area contributed by atoms with Crippen LogP contribution >= 0.6 is 11.6 Å². The van der Waals surface area contributed by atoms with E-state index >= 15 is 0 Å². The normalized spacial score (nSPS) is 20.5. The lowest BCUT2D eigenvalue weighted by Crippen LogP contribution is -2.32. The quantitative estimate of drug-likeness (QED) is 0.886. The predicted octanol–water partition coefficient (Wildman–Crippen LogP) is 2.16. The van der Waals surface area contributed by atoms with E-state index < -0.39 is 0 Å². The molecule has 0 amide bonds. The summed E-state index contributed by atoms with van der Waals surface area (Å²) in [6, 6.07) is 0. The number of nitrogens with zero attached hydrogens (tertiary/aromatic N) is 3. The summed E-state index contributed by atoms with van der Waals surface area (Å²) in [5.74, 6) is 1.67. The highest BCUT2D eigenvalue weighted by Crippen LogP contribution is 2.24. The summed E-state index contributed by atoms with van der Waals surface area (Å²) >= 11 is 6.16. The number of aromatic nitrogens is 2. The van der Waals surface area contributed by atoms with Crippen molar-refractivity contribution in [2.24, 2.45) is 5.92 Å². The van der Waals surface area contributed by atoms with Crippen LogP contribution in [-0.4, -0.2) is 41.5 Å². The van der Waals surface area contributed by atoms with Gasteiger partial charge in [-0.15, -0.1) is 0 Å². The van der Waals surface area contributed by atoms with Crippen molar-refractivity contribution in [1.82, 2.24) is 14.9 Å². The van der Waals surface area contributed by atoms with Crippen LogP contribution in [0.4, 0.5) is 11.8 Å². The molecule has 6 heteroatoms. The maximum Gasteiger partial charge on any atom is 0.222 e. The van der Waals surface area contributed by atoms with Gasteiger partial charge in [-0.2, -0.15) is 4.98 Å². The second-order valence-corrected chi connectivity index (χ2v) is 5.69. The molecule has 1 aliphatic rings. The van der Waals surface area contributed by atoms with Crippen LogP contribution in [0.3, 0.4) is 0 Å². The van der Waals surface area contributed by atoms with Gasteiger partial charge in [0.25, 0.3) is 0 Å². The van der Waals surface area contributed by atoms with Gasteiger partial charge in [0, 0.05) is 13.1 Å². The zero-order valence-corrected chi connectivity index (χ0v) is 12.4. The standard InChI is InChI=1S/C13H22ClN5/c1-9-11(14)12(18-13(15)17-9)16-6-5-10-4-3-7-19(2)8-10/h10H,3-8H2,1-2H3,(H3,15,16,17,18)/t10-/m1/s1. The molecule has 106 valence electrons. The van der Waals surface area contributed by atoms with Gasteiger partial charge < -0.3 is 16.0 Å². The van der Waals surface area contributed by atoms with Crippen LogP contribution in [0, 0.1) is 12.8 Å². The van der Waals surface area contributed by atoms with E-state index in [1.54, 1.807) is 0 Å². The summed E-state index contributed by atoms with van der Waals surface area (Å²) < 4.78 is 0. The van der Waals surface area contributed by atoms with Crippen molar-refractivity contribution in [2.45, 2.75) is 26.2 Å². The molecule has 1 fully saturated rings. The Morgan fingerprint density at radius 3 is 3.00 bits per heavy atom. The highest BCUT2D eigenvalue weighted by molar-refractivity contribution is 6.33. The summed E-state index contributed by atoms with van der Waals surface area (Å²) in [6.07, 6.45) is 3.73. The van der Waals surface area contributed by atoms with Crippen LogP contribution in [-0.2, 0) is 0 Å². The first-order chi connectivity index (χ1) is 9.06. The second-order valence-electron chi connectivity index (χ2n) is 5.32. The smallest absolute Gasteiger partial charge is 0.222 e. The Kier molecular flexibility index (Phi) is 4.82. The number of aryl methyl sites for hydroxylation is 1. The van der Waals surface area contributed by atoms with Gasteiger partial charge in [0.1, 0.15) is 5.02 Å². The van der Waals surface area contributed by atoms with Crippen molar-refractivity contribution in [1.29, 1.82) is 0 Å². The van der Waals surface area contributed by atoms with E-state index in [-0.39, 0.29) is 5.95 Å². The molecule has 1 aromatic rings. The van der Waals surface area contributed by atoms with Crippen LogP contribution in [0.1, 0.15) is 25.0 Å². The van der Waals surface area contributed by atoms with Crippen LogP contribution in [0.2, 0.25) is 5.02 Å². The Labute approximate surface area is 119 Å². The minimum Gasteiger partial charge on any atom is -0.369 e. The molecule has 1 saturated heterocycles. The average molecular weight is 284 g/mol. The van der Waals surface area contributed by atoms with Crippen LogP contribution in [0.25, 0.3) is 0 Å². The summed E-state index contributed by atoms with van der Waals surface area (Å²) in [4.78, 5) is 10.6. The van der Waals surface area contributed by atoms with Gasteiger partial charge in [-0.1, -0.05) is 11.6 Å². The largest absolute Gasteiger partial charge is 0.369 e. The van der Waals surface area contributed by atoms with Crippen molar-refractivity contribution < 1.29 is 0 Å². The molecule has 0 spiro atoms. The molecule has 5 nitrogen and oxygen atoms in total. The third-order valence-electron chi connectivity index (χ3n) is 3.60. The Morgan fingerprint density at radius 2 is 2.26 bits per heavy atom. The van der Waals surface area contributed by atoms with E-state index in [4.69, 9.17) is 17.3 Å². The van der Waals surface area contributed by atoms with E-state index in [1.165, 1.54) is 25.9 Å². The number of anilines is 2. The van der Waals surface area contributed by atoms with Crippen molar-refractivity contribution in [2.75, 3.05) is 37.7 Å². The molecule has 2 rings (SSSR count). The van der Waals surface area contributed by atoms with E-state index in [1.807, 2.05) is 6.92 Å². The molecule has 2 heterocycles. The number of rotatable bonds is 4. The third kappa shape index (κ3) is 3.94. The van der Waals surface area contributed by atoms with Crippen molar-refractivity contribution in [3.05, 3.63) is 10.7 Å². The van der Waals surface area contributed by atoms with Gasteiger partial charge in [-0.25, -0.2) is 4.98 Å². The zero-order valence-electron chi connectivity index (χ0n) is 11.6. The van der Waals surface area contributed by atoms with Crippen LogP contribution < -0.4 is 11.1 Å². The molecule has 0 aliphatic carbocycles. The van der Waals surface area contributed by atoms with E-state index in [0.29, 0.717) is 16.5 Å². The SMILES string of the molecule is Cc1nc(N)nc(NCC[C@H]2CCCN(C)C2)c1Cl. The fourth-order valence-corrected chi connectivity index (χ4v) is 2.75. The fraction of sp³-hybridized carbons (Fsp3) is 0.692. The lowest BCUT2D eigenvalue weighted by molar-refractivity contribution is 0.205. The molecular weight excluding hydrogens is 262 g/mol. The maximum atomic E-state index is 6.16. The summed E-state index contributed by atoms with van der Waals surface area (Å²) in [6.45, 7) is 5.10. The number of nitrogens with one attached hydrogen (secondary N) is 1. The van der Waals surface area contributed by atoms with Crippen LogP contribution in [0.5, 0.6) is 0 Å². The molecule has 0 radical (unpaired) electrons. The first-order valence-corrected chi connectivity index (χ1v) is 7.16. The van der Waals surface area contributed by atoms with Gasteiger partial charge >= 0.3 is 0 Å². The molecule has 0 unspecified atom stereocenters. The Balaban J connectivity index is 1.85. The lowest BCUT2D eigenvalue weighted by Gasteiger charge is -2.29. The summed E-state index contributed by atoms with van der Waals surface area (Å²) in [5, 5.41) is 3.84. The number of nitrogen functional groups attached to an aromatic ring is 1. The average Bonchev–Trinajstić information content (AvgIpc) is 2.35. The Bertz CT molecular complexity index is 437.